The molecule has 0 bridgehead atoms. The second kappa shape index (κ2) is 7.92. The van der Waals surface area contributed by atoms with Crippen LogP contribution < -0.4 is 62.6 Å². The van der Waals surface area contributed by atoms with E-state index in [1.165, 1.54) is 0 Å². The second-order valence-electron chi connectivity index (χ2n) is 4.35. The number of ether oxygens (including phenoxy) is 1. The summed E-state index contributed by atoms with van der Waals surface area (Å²) < 4.78 is 20.8. The van der Waals surface area contributed by atoms with Crippen LogP contribution in [0.15, 0.2) is 21.9 Å². The first-order valence-electron chi connectivity index (χ1n) is 5.72. The van der Waals surface area contributed by atoms with Gasteiger partial charge in [0, 0.05) is 12.3 Å². The monoisotopic (exact) mass is 364 g/mol. The molecule has 11 nitrogen and oxygen atoms in total. The Morgan fingerprint density at radius 3 is 2.55 bits per heavy atom. The molecule has 1 saturated heterocycles. The van der Waals surface area contributed by atoms with E-state index in [1.807, 2.05) is 4.98 Å². The van der Waals surface area contributed by atoms with Crippen molar-refractivity contribution in [2.24, 2.45) is 0 Å². The SMILES string of the molecule is O=c1ccn([C@H]2O[C@@H](COP(=O)(O)O)[C@H](O)[C@@H]2O)c(=O)[nH]1.[H-].[K+]. The Labute approximate surface area is 167 Å². The first kappa shape index (κ1) is 20.4. The number of rotatable bonds is 4. The fourth-order valence-electron chi connectivity index (χ4n) is 1.89. The number of aliphatic hydroxyl groups is 2. The molecule has 0 aromatic carbocycles. The smallest absolute Gasteiger partial charge is 1.00 e. The van der Waals surface area contributed by atoms with Gasteiger partial charge in [-0.2, -0.15) is 0 Å². The van der Waals surface area contributed by atoms with Gasteiger partial charge < -0.3 is 26.2 Å². The van der Waals surface area contributed by atoms with Crippen molar-refractivity contribution in [2.45, 2.75) is 24.5 Å². The largest absolute Gasteiger partial charge is 1.00 e. The molecule has 1 aromatic heterocycles. The van der Waals surface area contributed by atoms with E-state index in [4.69, 9.17) is 14.5 Å². The van der Waals surface area contributed by atoms with Crippen molar-refractivity contribution in [3.05, 3.63) is 33.1 Å². The Hall–Kier alpha value is 0.306. The van der Waals surface area contributed by atoms with E-state index in [2.05, 4.69) is 4.52 Å². The number of nitrogens with one attached hydrogen (secondary N) is 1. The third-order valence-corrected chi connectivity index (χ3v) is 3.35. The van der Waals surface area contributed by atoms with E-state index in [-0.39, 0.29) is 52.8 Å². The Morgan fingerprint density at radius 1 is 1.36 bits per heavy atom. The average Bonchev–Trinajstić information content (AvgIpc) is 2.64. The summed E-state index contributed by atoms with van der Waals surface area (Å²) in [5, 5.41) is 19.6. The van der Waals surface area contributed by atoms with Gasteiger partial charge >= 0.3 is 64.9 Å². The molecule has 120 valence electrons. The first-order chi connectivity index (χ1) is 9.69. The molecule has 0 saturated carbocycles. The molecule has 2 rings (SSSR count). The van der Waals surface area contributed by atoms with Crippen LogP contribution in [0, 0.1) is 0 Å². The summed E-state index contributed by atoms with van der Waals surface area (Å²) in [6.07, 6.45) is -4.58. The van der Waals surface area contributed by atoms with Crippen LogP contribution in [0.25, 0.3) is 0 Å². The maximum atomic E-state index is 11.6. The van der Waals surface area contributed by atoms with Gasteiger partial charge in [0.15, 0.2) is 6.23 Å². The molecular formula is C9H14KN2O9P. The van der Waals surface area contributed by atoms with Crippen LogP contribution in [-0.4, -0.2) is 54.5 Å². The van der Waals surface area contributed by atoms with E-state index >= 15 is 0 Å². The minimum atomic E-state index is -4.76. The summed E-state index contributed by atoms with van der Waals surface area (Å²) in [6, 6.07) is 1.02. The zero-order chi connectivity index (χ0) is 15.8. The predicted octanol–water partition coefficient (Wildman–Crippen LogP) is -5.62. The van der Waals surface area contributed by atoms with E-state index in [9.17, 15) is 24.4 Å². The molecule has 2 heterocycles. The van der Waals surface area contributed by atoms with E-state index in [0.29, 0.717) is 0 Å². The van der Waals surface area contributed by atoms with E-state index < -0.39 is 50.2 Å². The number of phosphoric ester groups is 1. The maximum absolute atomic E-state index is 11.6. The quantitative estimate of drug-likeness (QED) is 0.258. The van der Waals surface area contributed by atoms with Crippen molar-refractivity contribution >= 4 is 7.82 Å². The molecule has 1 aromatic rings. The molecular weight excluding hydrogens is 350 g/mol. The van der Waals surface area contributed by atoms with Crippen molar-refractivity contribution in [1.82, 2.24) is 9.55 Å². The second-order valence-corrected chi connectivity index (χ2v) is 5.59. The number of aliphatic hydroxyl groups excluding tert-OH is 2. The zero-order valence-electron chi connectivity index (χ0n) is 12.4. The summed E-state index contributed by atoms with van der Waals surface area (Å²) in [4.78, 5) is 41.6. The number of phosphoric acid groups is 1. The van der Waals surface area contributed by atoms with Crippen molar-refractivity contribution in [2.75, 3.05) is 6.61 Å². The topological polar surface area (TPSA) is 171 Å². The van der Waals surface area contributed by atoms with Crippen LogP contribution >= 0.6 is 7.82 Å². The number of nitrogens with zero attached hydrogens (tertiary/aromatic N) is 1. The molecule has 0 unspecified atom stereocenters. The number of aromatic amines is 1. The van der Waals surface area contributed by atoms with Crippen LogP contribution in [0.5, 0.6) is 0 Å². The average molecular weight is 364 g/mol. The number of hydrogen-bond acceptors (Lipinski definition) is 7. The van der Waals surface area contributed by atoms with Gasteiger partial charge in [-0.25, -0.2) is 9.36 Å². The van der Waals surface area contributed by atoms with Gasteiger partial charge in [-0.15, -0.1) is 0 Å². The normalized spacial score (nSPS) is 28.4. The summed E-state index contributed by atoms with van der Waals surface area (Å²) in [5.41, 5.74) is -1.51. The van der Waals surface area contributed by atoms with Gasteiger partial charge in [-0.1, -0.05) is 0 Å². The minimum Gasteiger partial charge on any atom is -1.00 e. The molecule has 0 amide bonds. The molecule has 0 aliphatic carbocycles. The molecule has 5 N–H and O–H groups in total. The zero-order valence-corrected chi connectivity index (χ0v) is 15.4. The molecule has 1 aliphatic heterocycles. The minimum absolute atomic E-state index is 0. The van der Waals surface area contributed by atoms with Crippen LogP contribution in [0.3, 0.4) is 0 Å². The van der Waals surface area contributed by atoms with Crippen molar-refractivity contribution in [3.8, 4) is 0 Å². The third-order valence-electron chi connectivity index (χ3n) is 2.87. The van der Waals surface area contributed by atoms with Gasteiger partial charge in [0.2, 0.25) is 0 Å². The van der Waals surface area contributed by atoms with Gasteiger partial charge in [-0.05, 0) is 0 Å². The molecule has 0 radical (unpaired) electrons. The molecule has 4 atom stereocenters. The van der Waals surface area contributed by atoms with Crippen LogP contribution in [0.4, 0.5) is 0 Å². The molecule has 0 spiro atoms. The van der Waals surface area contributed by atoms with Crippen molar-refractivity contribution < 1.29 is 86.6 Å². The fourth-order valence-corrected chi connectivity index (χ4v) is 2.24. The first-order valence-corrected chi connectivity index (χ1v) is 7.25. The maximum Gasteiger partial charge on any atom is 1.00 e. The molecule has 1 fully saturated rings. The molecule has 13 heteroatoms. The Morgan fingerprint density at radius 2 is 2.00 bits per heavy atom. The predicted molar refractivity (Wildman–Crippen MR) is 66.4 cm³/mol. The summed E-state index contributed by atoms with van der Waals surface area (Å²) in [5.74, 6) is 0. The van der Waals surface area contributed by atoms with Gasteiger partial charge in [0.1, 0.15) is 18.3 Å². The van der Waals surface area contributed by atoms with Crippen molar-refractivity contribution in [1.29, 1.82) is 0 Å². The van der Waals surface area contributed by atoms with Crippen LogP contribution in [0.2, 0.25) is 0 Å². The van der Waals surface area contributed by atoms with Crippen LogP contribution in [-0.2, 0) is 13.8 Å². The summed E-state index contributed by atoms with van der Waals surface area (Å²) in [6.45, 7) is -0.683. The summed E-state index contributed by atoms with van der Waals surface area (Å²) in [7, 11) is -4.76. The Bertz CT molecular complexity index is 675. The van der Waals surface area contributed by atoms with E-state index in [1.54, 1.807) is 0 Å². The van der Waals surface area contributed by atoms with Gasteiger partial charge in [0.05, 0.1) is 6.61 Å². The Balaban J connectivity index is 0.00000242. The standard InChI is InChI=1S/C9H13N2O9P.K.H/c12-5-1-2-11(9(15)10-5)8-7(14)6(13)4(20-8)3-19-21(16,17)18;;/h1-2,4,6-8,13-14H,3H2,(H,10,12,15)(H2,16,17,18);;/q;+1;-1/t4-,6-,7-,8-;;/m0../s1. The van der Waals surface area contributed by atoms with Crippen LogP contribution in [0.1, 0.15) is 7.65 Å². The van der Waals surface area contributed by atoms with Crippen molar-refractivity contribution in [3.63, 3.8) is 0 Å². The van der Waals surface area contributed by atoms with Gasteiger partial charge in [-0.3, -0.25) is 18.9 Å². The molecule has 1 aliphatic rings. The fraction of sp³-hybridized carbons (Fsp3) is 0.556. The number of H-pyrrole nitrogens is 1. The third kappa shape index (κ3) is 4.90. The summed E-state index contributed by atoms with van der Waals surface area (Å²) >= 11 is 0. The van der Waals surface area contributed by atoms with E-state index in [0.717, 1.165) is 16.8 Å². The Kier molecular flexibility index (Phi) is 7.33. The number of aromatic nitrogens is 2. The van der Waals surface area contributed by atoms with Gasteiger partial charge in [0.25, 0.3) is 5.56 Å². The molecule has 22 heavy (non-hydrogen) atoms. The number of hydrogen-bond donors (Lipinski definition) is 5.